The number of nitrogens with one attached hydrogen (secondary N) is 1. The zero-order valence-corrected chi connectivity index (χ0v) is 13.4. The van der Waals surface area contributed by atoms with Gasteiger partial charge in [0.15, 0.2) is 0 Å². The van der Waals surface area contributed by atoms with Crippen molar-refractivity contribution in [3.05, 3.63) is 0 Å². The maximum Gasteiger partial charge on any atom is 0.0278 e. The smallest absolute Gasteiger partial charge is 0.0278 e. The van der Waals surface area contributed by atoms with E-state index in [0.29, 0.717) is 6.04 Å². The zero-order valence-electron chi connectivity index (χ0n) is 13.4. The molecule has 0 radical (unpaired) electrons. The van der Waals surface area contributed by atoms with E-state index < -0.39 is 0 Å². The summed E-state index contributed by atoms with van der Waals surface area (Å²) in [4.78, 5) is 7.52. The van der Waals surface area contributed by atoms with Crippen LogP contribution < -0.4 is 5.32 Å². The van der Waals surface area contributed by atoms with Crippen molar-refractivity contribution in [1.29, 1.82) is 0 Å². The Bertz CT molecular complexity index is 274. The van der Waals surface area contributed by atoms with Crippen LogP contribution in [0.4, 0.5) is 0 Å². The van der Waals surface area contributed by atoms with Gasteiger partial charge in [-0.15, -0.1) is 0 Å². The molecule has 4 heteroatoms. The number of hydrogen-bond donors (Lipinski definition) is 1. The highest BCUT2D eigenvalue weighted by atomic mass is 15.3. The van der Waals surface area contributed by atoms with Crippen molar-refractivity contribution in [2.45, 2.75) is 44.8 Å². The molecule has 2 rings (SSSR count). The van der Waals surface area contributed by atoms with Crippen molar-refractivity contribution in [2.24, 2.45) is 0 Å². The Morgan fingerprint density at radius 1 is 1.11 bits per heavy atom. The van der Waals surface area contributed by atoms with Crippen molar-refractivity contribution in [1.82, 2.24) is 20.0 Å². The summed E-state index contributed by atoms with van der Waals surface area (Å²) in [5.74, 6) is 0. The van der Waals surface area contributed by atoms with E-state index >= 15 is 0 Å². The first-order valence-corrected chi connectivity index (χ1v) is 7.76. The highest BCUT2D eigenvalue weighted by Crippen LogP contribution is 2.19. The van der Waals surface area contributed by atoms with Crippen LogP contribution in [0.1, 0.15) is 27.2 Å². The molecule has 0 saturated carbocycles. The second kappa shape index (κ2) is 6.08. The Balaban J connectivity index is 1.77. The lowest BCUT2D eigenvalue weighted by Gasteiger charge is -2.43. The Morgan fingerprint density at radius 3 is 2.26 bits per heavy atom. The third-order valence-electron chi connectivity index (χ3n) is 5.07. The Kier molecular flexibility index (Phi) is 4.88. The minimum atomic E-state index is 0.270. The van der Waals surface area contributed by atoms with Crippen LogP contribution in [0, 0.1) is 0 Å². The van der Waals surface area contributed by atoms with Gasteiger partial charge in [-0.2, -0.15) is 0 Å². The van der Waals surface area contributed by atoms with Gasteiger partial charge in [0.2, 0.25) is 0 Å². The molecule has 2 atom stereocenters. The second-order valence-corrected chi connectivity index (χ2v) is 7.20. The number of hydrogen-bond acceptors (Lipinski definition) is 4. The van der Waals surface area contributed by atoms with E-state index in [-0.39, 0.29) is 5.54 Å². The number of rotatable bonds is 4. The summed E-state index contributed by atoms with van der Waals surface area (Å²) in [5, 5.41) is 3.79. The molecular weight excluding hydrogens is 236 g/mol. The van der Waals surface area contributed by atoms with Crippen LogP contribution in [-0.4, -0.2) is 85.7 Å². The summed E-state index contributed by atoms with van der Waals surface area (Å²) in [6.45, 7) is 14.2. The van der Waals surface area contributed by atoms with Gasteiger partial charge in [-0.3, -0.25) is 4.90 Å². The van der Waals surface area contributed by atoms with Gasteiger partial charge in [-0.25, -0.2) is 0 Å². The maximum absolute atomic E-state index is 3.79. The largest absolute Gasteiger partial charge is 0.311 e. The van der Waals surface area contributed by atoms with E-state index in [1.807, 2.05) is 0 Å². The number of nitrogens with zero attached hydrogens (tertiary/aromatic N) is 3. The van der Waals surface area contributed by atoms with Crippen LogP contribution in [0.25, 0.3) is 0 Å². The van der Waals surface area contributed by atoms with Gasteiger partial charge in [-0.05, 0) is 41.3 Å². The molecule has 2 saturated heterocycles. The Labute approximate surface area is 119 Å². The van der Waals surface area contributed by atoms with Crippen LogP contribution in [-0.2, 0) is 0 Å². The lowest BCUT2D eigenvalue weighted by molar-refractivity contribution is 0.0603. The SMILES string of the molecule is CC1CC(NCC(C)(C)N2CCN(C)CC2)CN1C. The van der Waals surface area contributed by atoms with Crippen molar-refractivity contribution < 1.29 is 0 Å². The van der Waals surface area contributed by atoms with Crippen molar-refractivity contribution in [3.63, 3.8) is 0 Å². The third-order valence-corrected chi connectivity index (χ3v) is 5.07. The molecule has 0 aliphatic carbocycles. The van der Waals surface area contributed by atoms with E-state index in [1.165, 1.54) is 39.1 Å². The monoisotopic (exact) mass is 268 g/mol. The molecule has 2 fully saturated rings. The lowest BCUT2D eigenvalue weighted by Crippen LogP contribution is -2.58. The molecular formula is C15H32N4. The molecule has 2 aliphatic rings. The fourth-order valence-electron chi connectivity index (χ4n) is 3.26. The normalized spacial score (nSPS) is 32.1. The fourth-order valence-corrected chi connectivity index (χ4v) is 3.26. The summed E-state index contributed by atoms with van der Waals surface area (Å²) in [6.07, 6.45) is 1.29. The van der Waals surface area contributed by atoms with E-state index in [1.54, 1.807) is 0 Å². The molecule has 0 bridgehead atoms. The zero-order chi connectivity index (χ0) is 14.0. The molecule has 0 aromatic carbocycles. The van der Waals surface area contributed by atoms with E-state index in [9.17, 15) is 0 Å². The summed E-state index contributed by atoms with van der Waals surface area (Å²) < 4.78 is 0. The van der Waals surface area contributed by atoms with E-state index in [2.05, 4.69) is 54.9 Å². The molecule has 2 unspecified atom stereocenters. The van der Waals surface area contributed by atoms with Gasteiger partial charge in [-0.1, -0.05) is 0 Å². The third kappa shape index (κ3) is 3.91. The predicted molar refractivity (Wildman–Crippen MR) is 81.6 cm³/mol. The van der Waals surface area contributed by atoms with Crippen LogP contribution in [0.5, 0.6) is 0 Å². The maximum atomic E-state index is 3.79. The van der Waals surface area contributed by atoms with E-state index in [0.717, 1.165) is 12.6 Å². The predicted octanol–water partition coefficient (Wildman–Crippen LogP) is 0.695. The summed E-state index contributed by atoms with van der Waals surface area (Å²) in [7, 11) is 4.45. The fraction of sp³-hybridized carbons (Fsp3) is 1.00. The molecule has 4 nitrogen and oxygen atoms in total. The highest BCUT2D eigenvalue weighted by molar-refractivity contribution is 4.91. The average Bonchev–Trinajstić information content (AvgIpc) is 2.67. The summed E-state index contributed by atoms with van der Waals surface area (Å²) in [6, 6.07) is 1.40. The first kappa shape index (κ1) is 15.2. The molecule has 112 valence electrons. The topological polar surface area (TPSA) is 21.8 Å². The van der Waals surface area contributed by atoms with Gasteiger partial charge >= 0.3 is 0 Å². The number of likely N-dealkylation sites (N-methyl/N-ethyl adjacent to an activating group) is 2. The summed E-state index contributed by atoms with van der Waals surface area (Å²) >= 11 is 0. The minimum Gasteiger partial charge on any atom is -0.311 e. The van der Waals surface area contributed by atoms with Crippen molar-refractivity contribution in [2.75, 3.05) is 53.4 Å². The highest BCUT2D eigenvalue weighted by Gasteiger charge is 2.31. The lowest BCUT2D eigenvalue weighted by atomic mass is 10.0. The van der Waals surface area contributed by atoms with Crippen molar-refractivity contribution >= 4 is 0 Å². The molecule has 0 aromatic rings. The molecule has 2 aliphatic heterocycles. The number of likely N-dealkylation sites (tertiary alicyclic amines) is 1. The minimum absolute atomic E-state index is 0.270. The number of piperazine rings is 1. The van der Waals surface area contributed by atoms with Crippen LogP contribution in [0.15, 0.2) is 0 Å². The van der Waals surface area contributed by atoms with Crippen LogP contribution in [0.2, 0.25) is 0 Å². The molecule has 1 N–H and O–H groups in total. The molecule has 19 heavy (non-hydrogen) atoms. The first-order valence-electron chi connectivity index (χ1n) is 7.76. The van der Waals surface area contributed by atoms with E-state index in [4.69, 9.17) is 0 Å². The quantitative estimate of drug-likeness (QED) is 0.810. The molecule has 0 aromatic heterocycles. The Morgan fingerprint density at radius 2 is 1.74 bits per heavy atom. The molecule has 0 amide bonds. The average molecular weight is 268 g/mol. The molecule has 2 heterocycles. The van der Waals surface area contributed by atoms with Gasteiger partial charge in [0.25, 0.3) is 0 Å². The summed E-state index contributed by atoms with van der Waals surface area (Å²) in [5.41, 5.74) is 0.270. The second-order valence-electron chi connectivity index (χ2n) is 7.20. The van der Waals surface area contributed by atoms with Gasteiger partial charge < -0.3 is 15.1 Å². The molecule has 0 spiro atoms. The van der Waals surface area contributed by atoms with Crippen LogP contribution in [0.3, 0.4) is 0 Å². The van der Waals surface area contributed by atoms with Crippen molar-refractivity contribution in [3.8, 4) is 0 Å². The van der Waals surface area contributed by atoms with Gasteiger partial charge in [0, 0.05) is 56.9 Å². The van der Waals surface area contributed by atoms with Gasteiger partial charge in [0.05, 0.1) is 0 Å². The standard InChI is InChI=1S/C15H32N4/c1-13-10-14(11-18(13)5)16-12-15(2,3)19-8-6-17(4)7-9-19/h13-14,16H,6-12H2,1-5H3. The Hall–Kier alpha value is -0.160. The van der Waals surface area contributed by atoms with Crippen LogP contribution >= 0.6 is 0 Å². The van der Waals surface area contributed by atoms with Gasteiger partial charge in [0.1, 0.15) is 0 Å². The first-order chi connectivity index (χ1) is 8.88.